The molecule has 1 fully saturated rings. The molecular formula is C15H28N4O. The van der Waals surface area contributed by atoms with Crippen LogP contribution in [-0.4, -0.2) is 41.2 Å². The molecule has 2 rings (SSSR count). The molecule has 1 aliphatic carbocycles. The van der Waals surface area contributed by atoms with E-state index in [1.807, 2.05) is 0 Å². The van der Waals surface area contributed by atoms with Gasteiger partial charge < -0.3 is 15.2 Å². The van der Waals surface area contributed by atoms with Gasteiger partial charge in [0.2, 0.25) is 5.89 Å². The average Bonchev–Trinajstić information content (AvgIpc) is 2.98. The van der Waals surface area contributed by atoms with Crippen molar-refractivity contribution >= 4 is 0 Å². The van der Waals surface area contributed by atoms with E-state index in [0.29, 0.717) is 6.54 Å². The van der Waals surface area contributed by atoms with Crippen molar-refractivity contribution in [3.8, 4) is 0 Å². The minimum Gasteiger partial charge on any atom is -0.339 e. The Morgan fingerprint density at radius 2 is 1.90 bits per heavy atom. The third-order valence-corrected chi connectivity index (χ3v) is 4.67. The molecular weight excluding hydrogens is 252 g/mol. The highest BCUT2D eigenvalue weighted by Crippen LogP contribution is 2.37. The van der Waals surface area contributed by atoms with Crippen molar-refractivity contribution in [3.05, 3.63) is 11.7 Å². The Balaban J connectivity index is 2.00. The molecule has 1 aromatic rings. The number of aromatic nitrogens is 2. The molecule has 114 valence electrons. The molecule has 0 aromatic carbocycles. The van der Waals surface area contributed by atoms with Crippen LogP contribution in [-0.2, 0) is 11.8 Å². The van der Waals surface area contributed by atoms with Crippen LogP contribution in [0.4, 0.5) is 0 Å². The van der Waals surface area contributed by atoms with E-state index in [1.54, 1.807) is 0 Å². The summed E-state index contributed by atoms with van der Waals surface area (Å²) in [5.41, 5.74) is 5.95. The predicted octanol–water partition coefficient (Wildman–Crippen LogP) is 2.11. The molecule has 5 nitrogen and oxygen atoms in total. The Labute approximate surface area is 121 Å². The van der Waals surface area contributed by atoms with Gasteiger partial charge in [-0.3, -0.25) is 0 Å². The lowest BCUT2D eigenvalue weighted by Crippen LogP contribution is -2.37. The van der Waals surface area contributed by atoms with E-state index in [0.717, 1.165) is 50.6 Å². The molecule has 0 spiro atoms. The first kappa shape index (κ1) is 15.4. The molecule has 0 bridgehead atoms. The van der Waals surface area contributed by atoms with Crippen LogP contribution in [0.5, 0.6) is 0 Å². The fraction of sp³-hybridized carbons (Fsp3) is 0.867. The van der Waals surface area contributed by atoms with Crippen molar-refractivity contribution in [3.63, 3.8) is 0 Å². The second kappa shape index (κ2) is 7.18. The topological polar surface area (TPSA) is 68.2 Å². The first-order chi connectivity index (χ1) is 9.74. The van der Waals surface area contributed by atoms with Gasteiger partial charge in [0.25, 0.3) is 0 Å². The second-order valence-electron chi connectivity index (χ2n) is 5.84. The molecule has 0 saturated heterocycles. The standard InChI is InChI=1S/C15H28N4O/c1-3-19(4-2)11-8-13-17-14(20-18-13)15(12-16)9-6-5-7-10-15/h3-12,16H2,1-2H3. The lowest BCUT2D eigenvalue weighted by molar-refractivity contribution is 0.219. The third-order valence-electron chi connectivity index (χ3n) is 4.67. The Bertz CT molecular complexity index is 394. The van der Waals surface area contributed by atoms with Gasteiger partial charge in [0.05, 0.1) is 5.41 Å². The van der Waals surface area contributed by atoms with Gasteiger partial charge in [-0.25, -0.2) is 0 Å². The van der Waals surface area contributed by atoms with Crippen LogP contribution in [0.25, 0.3) is 0 Å². The minimum atomic E-state index is -0.0568. The van der Waals surface area contributed by atoms with Gasteiger partial charge in [-0.15, -0.1) is 0 Å². The van der Waals surface area contributed by atoms with Crippen LogP contribution in [0.1, 0.15) is 57.7 Å². The lowest BCUT2D eigenvalue weighted by Gasteiger charge is -2.32. The molecule has 20 heavy (non-hydrogen) atoms. The molecule has 0 radical (unpaired) electrons. The van der Waals surface area contributed by atoms with E-state index >= 15 is 0 Å². The van der Waals surface area contributed by atoms with Crippen LogP contribution >= 0.6 is 0 Å². The van der Waals surface area contributed by atoms with Gasteiger partial charge in [-0.1, -0.05) is 38.3 Å². The Morgan fingerprint density at radius 1 is 1.20 bits per heavy atom. The monoisotopic (exact) mass is 280 g/mol. The summed E-state index contributed by atoms with van der Waals surface area (Å²) in [5.74, 6) is 1.60. The SMILES string of the molecule is CCN(CC)CCc1noc(C2(CN)CCCCC2)n1. The number of nitrogens with zero attached hydrogens (tertiary/aromatic N) is 3. The largest absolute Gasteiger partial charge is 0.339 e. The molecule has 1 heterocycles. The number of likely N-dealkylation sites (N-methyl/N-ethyl adjacent to an activating group) is 1. The Hall–Kier alpha value is -0.940. The molecule has 1 saturated carbocycles. The molecule has 0 atom stereocenters. The van der Waals surface area contributed by atoms with Crippen molar-refractivity contribution in [1.29, 1.82) is 0 Å². The van der Waals surface area contributed by atoms with E-state index in [2.05, 4.69) is 28.9 Å². The van der Waals surface area contributed by atoms with Crippen LogP contribution in [0.15, 0.2) is 4.52 Å². The van der Waals surface area contributed by atoms with Gasteiger partial charge in [0, 0.05) is 19.5 Å². The minimum absolute atomic E-state index is 0.0568. The fourth-order valence-electron chi connectivity index (χ4n) is 3.10. The van der Waals surface area contributed by atoms with Gasteiger partial charge >= 0.3 is 0 Å². The molecule has 0 unspecified atom stereocenters. The summed E-state index contributed by atoms with van der Waals surface area (Å²) in [4.78, 5) is 7.00. The molecule has 1 aliphatic rings. The van der Waals surface area contributed by atoms with Crippen molar-refractivity contribution in [2.45, 2.75) is 57.8 Å². The first-order valence-corrected chi connectivity index (χ1v) is 7.99. The van der Waals surface area contributed by atoms with Crippen LogP contribution < -0.4 is 5.73 Å². The van der Waals surface area contributed by atoms with E-state index in [1.165, 1.54) is 19.3 Å². The summed E-state index contributed by atoms with van der Waals surface area (Å²) in [5, 5.41) is 4.16. The highest BCUT2D eigenvalue weighted by atomic mass is 16.5. The summed E-state index contributed by atoms with van der Waals surface area (Å²) >= 11 is 0. The summed E-state index contributed by atoms with van der Waals surface area (Å²) in [6, 6.07) is 0. The summed E-state index contributed by atoms with van der Waals surface area (Å²) in [7, 11) is 0. The number of hydrogen-bond donors (Lipinski definition) is 1. The maximum Gasteiger partial charge on any atom is 0.234 e. The van der Waals surface area contributed by atoms with Crippen LogP contribution in [0, 0.1) is 0 Å². The molecule has 5 heteroatoms. The first-order valence-electron chi connectivity index (χ1n) is 7.99. The van der Waals surface area contributed by atoms with Crippen molar-refractivity contribution in [2.24, 2.45) is 5.73 Å². The van der Waals surface area contributed by atoms with Gasteiger partial charge in [0.15, 0.2) is 5.82 Å². The fourth-order valence-corrected chi connectivity index (χ4v) is 3.10. The summed E-state index contributed by atoms with van der Waals surface area (Å²) in [6.07, 6.45) is 6.75. The van der Waals surface area contributed by atoms with Crippen molar-refractivity contribution in [2.75, 3.05) is 26.2 Å². The molecule has 0 aliphatic heterocycles. The van der Waals surface area contributed by atoms with E-state index in [4.69, 9.17) is 10.3 Å². The molecule has 2 N–H and O–H groups in total. The molecule has 0 amide bonds. The zero-order chi connectivity index (χ0) is 14.4. The smallest absolute Gasteiger partial charge is 0.234 e. The average molecular weight is 280 g/mol. The Morgan fingerprint density at radius 3 is 2.50 bits per heavy atom. The lowest BCUT2D eigenvalue weighted by atomic mass is 9.74. The van der Waals surface area contributed by atoms with Gasteiger partial charge in [-0.2, -0.15) is 4.98 Å². The third kappa shape index (κ3) is 3.38. The van der Waals surface area contributed by atoms with Crippen LogP contribution in [0.2, 0.25) is 0 Å². The number of nitrogens with two attached hydrogens (primary N) is 1. The predicted molar refractivity (Wildman–Crippen MR) is 79.6 cm³/mol. The van der Waals surface area contributed by atoms with E-state index < -0.39 is 0 Å². The van der Waals surface area contributed by atoms with Crippen molar-refractivity contribution in [1.82, 2.24) is 15.0 Å². The maximum atomic E-state index is 6.01. The van der Waals surface area contributed by atoms with E-state index in [9.17, 15) is 0 Å². The Kier molecular flexibility index (Phi) is 5.54. The molecule has 1 aromatic heterocycles. The van der Waals surface area contributed by atoms with Crippen molar-refractivity contribution < 1.29 is 4.52 Å². The summed E-state index contributed by atoms with van der Waals surface area (Å²) in [6.45, 7) is 8.08. The van der Waals surface area contributed by atoms with Crippen LogP contribution in [0.3, 0.4) is 0 Å². The maximum absolute atomic E-state index is 6.01. The zero-order valence-electron chi connectivity index (χ0n) is 12.9. The van der Waals surface area contributed by atoms with E-state index in [-0.39, 0.29) is 5.41 Å². The second-order valence-corrected chi connectivity index (χ2v) is 5.84. The van der Waals surface area contributed by atoms with Gasteiger partial charge in [0.1, 0.15) is 0 Å². The van der Waals surface area contributed by atoms with Gasteiger partial charge in [-0.05, 0) is 25.9 Å². The normalized spacial score (nSPS) is 18.6. The quantitative estimate of drug-likeness (QED) is 0.828. The zero-order valence-corrected chi connectivity index (χ0v) is 12.9. The number of rotatable bonds is 7. The highest BCUT2D eigenvalue weighted by molar-refractivity contribution is 5.08. The highest BCUT2D eigenvalue weighted by Gasteiger charge is 2.37. The number of hydrogen-bond acceptors (Lipinski definition) is 5. The summed E-state index contributed by atoms with van der Waals surface area (Å²) < 4.78 is 5.54.